The van der Waals surface area contributed by atoms with Crippen molar-refractivity contribution in [2.45, 2.75) is 12.7 Å². The van der Waals surface area contributed by atoms with Crippen molar-refractivity contribution in [3.63, 3.8) is 0 Å². The van der Waals surface area contributed by atoms with Crippen molar-refractivity contribution in [2.24, 2.45) is 0 Å². The predicted octanol–water partition coefficient (Wildman–Crippen LogP) is 3.75. The molecule has 0 spiro atoms. The van der Waals surface area contributed by atoms with Crippen molar-refractivity contribution in [1.82, 2.24) is 9.80 Å². The molecular weight excluding hydrogens is 381 g/mol. The topological polar surface area (TPSA) is 47.6 Å². The lowest BCUT2D eigenvalue weighted by Crippen LogP contribution is -2.43. The number of carbonyl (C=O) groups excluding carboxylic acids is 1. The van der Waals surface area contributed by atoms with Gasteiger partial charge in [0.05, 0.1) is 5.56 Å². The third-order valence-corrected chi connectivity index (χ3v) is 4.99. The molecule has 2 N–H and O–H groups in total. The average molecular weight is 406 g/mol. The van der Waals surface area contributed by atoms with Crippen LogP contribution in [0.3, 0.4) is 0 Å². The van der Waals surface area contributed by atoms with E-state index in [0.29, 0.717) is 17.7 Å². The van der Waals surface area contributed by atoms with Gasteiger partial charge < -0.3 is 15.5 Å². The van der Waals surface area contributed by atoms with E-state index in [9.17, 15) is 18.0 Å². The minimum absolute atomic E-state index is 0.142. The number of nitrogens with one attached hydrogen (secondary N) is 2. The van der Waals surface area contributed by atoms with Crippen LogP contribution in [0.5, 0.6) is 0 Å². The molecule has 0 saturated carbocycles. The van der Waals surface area contributed by atoms with Crippen LogP contribution in [0.2, 0.25) is 0 Å². The van der Waals surface area contributed by atoms with Crippen LogP contribution in [-0.2, 0) is 12.7 Å². The van der Waals surface area contributed by atoms with Gasteiger partial charge in [-0.3, -0.25) is 9.69 Å². The van der Waals surface area contributed by atoms with Gasteiger partial charge in [-0.05, 0) is 49.0 Å². The molecule has 0 radical (unpaired) electrons. The van der Waals surface area contributed by atoms with Crippen LogP contribution in [0, 0.1) is 0 Å². The van der Waals surface area contributed by atoms with E-state index in [1.54, 1.807) is 37.4 Å². The maximum atomic E-state index is 13.4. The normalized spacial score (nSPS) is 15.9. The summed E-state index contributed by atoms with van der Waals surface area (Å²) < 4.78 is 40.2. The molecule has 0 aliphatic carbocycles. The van der Waals surface area contributed by atoms with Gasteiger partial charge in [0, 0.05) is 56.7 Å². The highest BCUT2D eigenvalue weighted by molar-refractivity contribution is 6.04. The second kappa shape index (κ2) is 8.84. The zero-order valence-electron chi connectivity index (χ0n) is 16.5. The Labute approximate surface area is 168 Å². The van der Waals surface area contributed by atoms with Crippen LogP contribution in [-0.4, -0.2) is 56.0 Å². The van der Waals surface area contributed by atoms with Gasteiger partial charge in [-0.15, -0.1) is 0 Å². The number of hydrogen-bond donors (Lipinski definition) is 2. The highest BCUT2D eigenvalue weighted by Gasteiger charge is 2.31. The van der Waals surface area contributed by atoms with Crippen LogP contribution >= 0.6 is 0 Å². The second-order valence-corrected chi connectivity index (χ2v) is 7.28. The number of likely N-dealkylation sites (N-methyl/N-ethyl adjacent to an activating group) is 1. The maximum absolute atomic E-state index is 13.4. The summed E-state index contributed by atoms with van der Waals surface area (Å²) in [5.41, 5.74) is 1.03. The molecule has 1 saturated heterocycles. The van der Waals surface area contributed by atoms with Gasteiger partial charge in [-0.25, -0.2) is 0 Å². The van der Waals surface area contributed by atoms with E-state index in [2.05, 4.69) is 20.4 Å². The van der Waals surface area contributed by atoms with Crippen LogP contribution in [0.15, 0.2) is 42.5 Å². The number of rotatable bonds is 5. The van der Waals surface area contributed by atoms with E-state index in [-0.39, 0.29) is 5.69 Å². The number of hydrogen-bond acceptors (Lipinski definition) is 4. The Morgan fingerprint density at radius 1 is 1.03 bits per heavy atom. The zero-order chi connectivity index (χ0) is 21.0. The molecule has 0 bridgehead atoms. The first-order chi connectivity index (χ1) is 13.7. The van der Waals surface area contributed by atoms with Gasteiger partial charge in [0.25, 0.3) is 5.91 Å². The molecular formula is C21H25F3N4O. The first-order valence-corrected chi connectivity index (χ1v) is 9.46. The molecule has 8 heteroatoms. The predicted molar refractivity (Wildman–Crippen MR) is 108 cm³/mol. The molecule has 1 fully saturated rings. The Morgan fingerprint density at radius 3 is 2.41 bits per heavy atom. The lowest BCUT2D eigenvalue weighted by molar-refractivity contribution is -0.137. The summed E-state index contributed by atoms with van der Waals surface area (Å²) in [5.74, 6) is -0.452. The fourth-order valence-electron chi connectivity index (χ4n) is 3.30. The lowest BCUT2D eigenvalue weighted by Gasteiger charge is -2.32. The van der Waals surface area contributed by atoms with Crippen molar-refractivity contribution in [1.29, 1.82) is 0 Å². The zero-order valence-corrected chi connectivity index (χ0v) is 16.5. The number of amides is 1. The third-order valence-electron chi connectivity index (χ3n) is 4.99. The van der Waals surface area contributed by atoms with E-state index in [0.717, 1.165) is 44.0 Å². The molecule has 1 heterocycles. The van der Waals surface area contributed by atoms with Gasteiger partial charge in [-0.1, -0.05) is 6.07 Å². The SMILES string of the molecule is CNc1cccc(C(=O)Nc2cc(CN3CCN(C)CC3)cc(C(F)(F)F)c2)c1. The second-order valence-electron chi connectivity index (χ2n) is 7.28. The first kappa shape index (κ1) is 21.1. The quantitative estimate of drug-likeness (QED) is 0.794. The molecule has 3 rings (SSSR count). The summed E-state index contributed by atoms with van der Waals surface area (Å²) in [7, 11) is 3.76. The Hall–Kier alpha value is -2.58. The number of alkyl halides is 3. The first-order valence-electron chi connectivity index (χ1n) is 9.46. The fraction of sp³-hybridized carbons (Fsp3) is 0.381. The molecule has 5 nitrogen and oxygen atoms in total. The number of benzene rings is 2. The number of anilines is 2. The molecule has 29 heavy (non-hydrogen) atoms. The van der Waals surface area contributed by atoms with E-state index in [4.69, 9.17) is 0 Å². The van der Waals surface area contributed by atoms with Crippen LogP contribution in [0.4, 0.5) is 24.5 Å². The highest BCUT2D eigenvalue weighted by Crippen LogP contribution is 2.32. The summed E-state index contributed by atoms with van der Waals surface area (Å²) in [5, 5.41) is 5.55. The Kier molecular flexibility index (Phi) is 6.44. The largest absolute Gasteiger partial charge is 0.416 e. The number of piperazine rings is 1. The van der Waals surface area contributed by atoms with Gasteiger partial charge in [0.2, 0.25) is 0 Å². The van der Waals surface area contributed by atoms with Crippen molar-refractivity contribution in [3.8, 4) is 0 Å². The fourth-order valence-corrected chi connectivity index (χ4v) is 3.30. The van der Waals surface area contributed by atoms with Gasteiger partial charge in [-0.2, -0.15) is 13.2 Å². The molecule has 156 valence electrons. The van der Waals surface area contributed by atoms with Crippen molar-refractivity contribution < 1.29 is 18.0 Å². The number of carbonyl (C=O) groups is 1. The van der Waals surface area contributed by atoms with Gasteiger partial charge >= 0.3 is 6.18 Å². The van der Waals surface area contributed by atoms with Crippen molar-refractivity contribution in [2.75, 3.05) is 50.9 Å². The number of nitrogens with zero attached hydrogens (tertiary/aromatic N) is 2. The molecule has 2 aromatic carbocycles. The highest BCUT2D eigenvalue weighted by atomic mass is 19.4. The Balaban J connectivity index is 1.82. The molecule has 0 atom stereocenters. The molecule has 1 aliphatic heterocycles. The van der Waals surface area contributed by atoms with Gasteiger partial charge in [0.1, 0.15) is 0 Å². The lowest BCUT2D eigenvalue weighted by atomic mass is 10.1. The monoisotopic (exact) mass is 406 g/mol. The summed E-state index contributed by atoms with van der Waals surface area (Å²) >= 11 is 0. The van der Waals surface area contributed by atoms with E-state index >= 15 is 0 Å². The van der Waals surface area contributed by atoms with Gasteiger partial charge in [0.15, 0.2) is 0 Å². The number of halogens is 3. The van der Waals surface area contributed by atoms with E-state index in [1.165, 1.54) is 0 Å². The summed E-state index contributed by atoms with van der Waals surface area (Å²) in [6.07, 6.45) is -4.48. The van der Waals surface area contributed by atoms with Crippen LogP contribution in [0.1, 0.15) is 21.5 Å². The van der Waals surface area contributed by atoms with Crippen LogP contribution in [0.25, 0.3) is 0 Å². The summed E-state index contributed by atoms with van der Waals surface area (Å²) in [6.45, 7) is 3.76. The molecule has 1 amide bonds. The summed E-state index contributed by atoms with van der Waals surface area (Å²) in [6, 6.07) is 10.5. The minimum atomic E-state index is -4.48. The van der Waals surface area contributed by atoms with Crippen molar-refractivity contribution in [3.05, 3.63) is 59.2 Å². The molecule has 0 unspecified atom stereocenters. The van der Waals surface area contributed by atoms with Crippen LogP contribution < -0.4 is 10.6 Å². The molecule has 0 aromatic heterocycles. The average Bonchev–Trinajstić information content (AvgIpc) is 2.69. The smallest absolute Gasteiger partial charge is 0.388 e. The molecule has 2 aromatic rings. The Morgan fingerprint density at radius 2 is 1.76 bits per heavy atom. The third kappa shape index (κ3) is 5.71. The molecule has 1 aliphatic rings. The maximum Gasteiger partial charge on any atom is 0.416 e. The van der Waals surface area contributed by atoms with Crippen molar-refractivity contribution >= 4 is 17.3 Å². The summed E-state index contributed by atoms with van der Waals surface area (Å²) in [4.78, 5) is 16.9. The van der Waals surface area contributed by atoms with E-state index < -0.39 is 17.6 Å². The van der Waals surface area contributed by atoms with E-state index in [1.807, 2.05) is 7.05 Å². The minimum Gasteiger partial charge on any atom is -0.388 e. The standard InChI is InChI=1S/C21H25F3N4O/c1-25-18-5-3-4-16(12-18)20(29)26-19-11-15(10-17(13-19)21(22,23)24)14-28-8-6-27(2)7-9-28/h3-5,10-13,25H,6-9,14H2,1-2H3,(H,26,29). The Bertz CT molecular complexity index is 861.